The molecule has 0 aliphatic carbocycles. The molecular weight excluding hydrogens is 285 g/mol. The van der Waals surface area contributed by atoms with E-state index in [1.165, 1.54) is 6.07 Å². The number of nitrogens with one attached hydrogen (secondary N) is 1. The molecule has 1 unspecified atom stereocenters. The summed E-state index contributed by atoms with van der Waals surface area (Å²) < 4.78 is 19.5. The molecule has 0 spiro atoms. The maximum absolute atomic E-state index is 13.4. The zero-order valence-electron chi connectivity index (χ0n) is 9.41. The molecule has 2 nitrogen and oxygen atoms in total. The van der Waals surface area contributed by atoms with Crippen molar-refractivity contribution in [2.75, 3.05) is 0 Å². The van der Waals surface area contributed by atoms with Gasteiger partial charge in [-0.3, -0.25) is 0 Å². The van der Waals surface area contributed by atoms with Crippen molar-refractivity contribution in [1.29, 1.82) is 0 Å². The molecule has 0 bridgehead atoms. The number of hydrogen-bond acceptors (Lipinski definition) is 2. The molecule has 2 aromatic rings. The van der Waals surface area contributed by atoms with E-state index in [4.69, 9.17) is 4.42 Å². The maximum Gasteiger partial charge on any atom is 0.169 e. The van der Waals surface area contributed by atoms with E-state index in [2.05, 4.69) is 21.2 Å². The lowest BCUT2D eigenvalue weighted by Crippen LogP contribution is -2.18. The van der Waals surface area contributed by atoms with E-state index in [-0.39, 0.29) is 11.9 Å². The predicted octanol–water partition coefficient (Wildman–Crippen LogP) is 4.03. The zero-order chi connectivity index (χ0) is 12.3. The van der Waals surface area contributed by atoms with Gasteiger partial charge in [-0.05, 0) is 41.1 Å². The normalized spacial score (nSPS) is 12.6. The third-order valence-corrected chi connectivity index (χ3v) is 3.00. The highest BCUT2D eigenvalue weighted by Crippen LogP contribution is 2.20. The Morgan fingerprint density at radius 2 is 2.06 bits per heavy atom. The summed E-state index contributed by atoms with van der Waals surface area (Å²) in [6.45, 7) is 2.46. The Balaban J connectivity index is 1.97. The molecule has 0 saturated carbocycles. The maximum atomic E-state index is 13.4. The van der Waals surface area contributed by atoms with E-state index in [9.17, 15) is 4.39 Å². The van der Waals surface area contributed by atoms with Gasteiger partial charge >= 0.3 is 0 Å². The molecule has 1 aromatic heterocycles. The number of halogens is 2. The molecule has 0 saturated heterocycles. The molecule has 90 valence electrons. The van der Waals surface area contributed by atoms with E-state index >= 15 is 0 Å². The van der Waals surface area contributed by atoms with Gasteiger partial charge in [0.25, 0.3) is 0 Å². The topological polar surface area (TPSA) is 25.2 Å². The number of rotatable bonds is 4. The molecule has 17 heavy (non-hydrogen) atoms. The monoisotopic (exact) mass is 297 g/mol. The summed E-state index contributed by atoms with van der Waals surface area (Å²) in [5, 5.41) is 3.21. The summed E-state index contributed by atoms with van der Waals surface area (Å²) in [7, 11) is 0. The van der Waals surface area contributed by atoms with Crippen LogP contribution < -0.4 is 5.32 Å². The highest BCUT2D eigenvalue weighted by molar-refractivity contribution is 9.10. The summed E-state index contributed by atoms with van der Waals surface area (Å²) in [4.78, 5) is 0. The highest BCUT2D eigenvalue weighted by Gasteiger charge is 2.10. The van der Waals surface area contributed by atoms with Crippen molar-refractivity contribution < 1.29 is 8.81 Å². The van der Waals surface area contributed by atoms with Gasteiger partial charge in [0.2, 0.25) is 0 Å². The first-order chi connectivity index (χ1) is 8.16. The van der Waals surface area contributed by atoms with E-state index in [1.807, 2.05) is 25.1 Å². The molecule has 0 aliphatic rings. The molecule has 1 aromatic carbocycles. The van der Waals surface area contributed by atoms with Crippen LogP contribution >= 0.6 is 15.9 Å². The van der Waals surface area contributed by atoms with Crippen molar-refractivity contribution in [3.8, 4) is 0 Å². The van der Waals surface area contributed by atoms with Crippen molar-refractivity contribution >= 4 is 15.9 Å². The lowest BCUT2D eigenvalue weighted by atomic mass is 10.2. The lowest BCUT2D eigenvalue weighted by molar-refractivity contribution is 0.415. The fraction of sp³-hybridized carbons (Fsp3) is 0.231. The first-order valence-electron chi connectivity index (χ1n) is 5.39. The van der Waals surface area contributed by atoms with Crippen molar-refractivity contribution in [3.05, 3.63) is 58.2 Å². The second-order valence-corrected chi connectivity index (χ2v) is 4.62. The molecule has 2 rings (SSSR count). The smallest absolute Gasteiger partial charge is 0.169 e. The van der Waals surface area contributed by atoms with Gasteiger partial charge < -0.3 is 9.73 Å². The quantitative estimate of drug-likeness (QED) is 0.922. The molecule has 1 atom stereocenters. The Kier molecular flexibility index (Phi) is 3.97. The fourth-order valence-electron chi connectivity index (χ4n) is 1.57. The third kappa shape index (κ3) is 3.17. The summed E-state index contributed by atoms with van der Waals surface area (Å²) in [6.07, 6.45) is 0. The average molecular weight is 298 g/mol. The van der Waals surface area contributed by atoms with Crippen LogP contribution in [0.3, 0.4) is 0 Å². The average Bonchev–Trinajstić information content (AvgIpc) is 2.74. The van der Waals surface area contributed by atoms with Crippen LogP contribution in [0.4, 0.5) is 4.39 Å². The summed E-state index contributed by atoms with van der Waals surface area (Å²) in [5.74, 6) is 0.640. The number of hydrogen-bond donors (Lipinski definition) is 1. The summed E-state index contributed by atoms with van der Waals surface area (Å²) in [5.41, 5.74) is 0.657. The second-order valence-electron chi connectivity index (χ2n) is 3.84. The molecule has 1 N–H and O–H groups in total. The van der Waals surface area contributed by atoms with E-state index < -0.39 is 0 Å². The number of benzene rings is 1. The molecular formula is C13H13BrFNO. The minimum atomic E-state index is -0.187. The molecule has 4 heteroatoms. The minimum Gasteiger partial charge on any atom is -0.453 e. The molecule has 0 radical (unpaired) electrons. The van der Waals surface area contributed by atoms with Gasteiger partial charge in [-0.15, -0.1) is 0 Å². The molecule has 0 fully saturated rings. The molecule has 0 aliphatic heterocycles. The highest BCUT2D eigenvalue weighted by atomic mass is 79.9. The van der Waals surface area contributed by atoms with Gasteiger partial charge in [-0.25, -0.2) is 4.39 Å². The van der Waals surface area contributed by atoms with Crippen LogP contribution in [0.25, 0.3) is 0 Å². The van der Waals surface area contributed by atoms with Crippen molar-refractivity contribution in [1.82, 2.24) is 5.32 Å². The van der Waals surface area contributed by atoms with Gasteiger partial charge in [0, 0.05) is 12.1 Å². The van der Waals surface area contributed by atoms with Gasteiger partial charge in [0.05, 0.1) is 6.04 Å². The summed E-state index contributed by atoms with van der Waals surface area (Å²) >= 11 is 3.25. The largest absolute Gasteiger partial charge is 0.453 e. The van der Waals surface area contributed by atoms with E-state index in [1.54, 1.807) is 12.1 Å². The molecule has 1 heterocycles. The van der Waals surface area contributed by atoms with Crippen LogP contribution in [-0.4, -0.2) is 0 Å². The fourth-order valence-corrected chi connectivity index (χ4v) is 1.89. The Hall–Kier alpha value is -1.13. The van der Waals surface area contributed by atoms with Gasteiger partial charge in [0.1, 0.15) is 11.6 Å². The van der Waals surface area contributed by atoms with Gasteiger partial charge in [0.15, 0.2) is 4.67 Å². The SMILES string of the molecule is CC(NCc1ccccc1F)c1ccc(Br)o1. The Bertz CT molecular complexity index is 498. The zero-order valence-corrected chi connectivity index (χ0v) is 11.0. The standard InChI is InChI=1S/C13H13BrFNO/c1-9(12-6-7-13(14)17-12)16-8-10-4-2-3-5-11(10)15/h2-7,9,16H,8H2,1H3. The molecule has 0 amide bonds. The Morgan fingerprint density at radius 3 is 2.71 bits per heavy atom. The predicted molar refractivity (Wildman–Crippen MR) is 68.1 cm³/mol. The van der Waals surface area contributed by atoms with Crippen molar-refractivity contribution in [3.63, 3.8) is 0 Å². The van der Waals surface area contributed by atoms with Crippen molar-refractivity contribution in [2.45, 2.75) is 19.5 Å². The van der Waals surface area contributed by atoms with Crippen LogP contribution in [0.15, 0.2) is 45.5 Å². The second kappa shape index (κ2) is 5.47. The van der Waals surface area contributed by atoms with Gasteiger partial charge in [-0.2, -0.15) is 0 Å². The van der Waals surface area contributed by atoms with E-state index in [0.717, 1.165) is 5.76 Å². The van der Waals surface area contributed by atoms with Crippen LogP contribution in [-0.2, 0) is 6.54 Å². The van der Waals surface area contributed by atoms with E-state index in [0.29, 0.717) is 16.8 Å². The number of furan rings is 1. The summed E-state index contributed by atoms with van der Waals surface area (Å²) in [6, 6.07) is 10.5. The third-order valence-electron chi connectivity index (χ3n) is 2.58. The lowest BCUT2D eigenvalue weighted by Gasteiger charge is -2.11. The van der Waals surface area contributed by atoms with Crippen LogP contribution in [0.2, 0.25) is 0 Å². The Morgan fingerprint density at radius 1 is 1.29 bits per heavy atom. The first-order valence-corrected chi connectivity index (χ1v) is 6.18. The van der Waals surface area contributed by atoms with Crippen LogP contribution in [0.5, 0.6) is 0 Å². The Labute approximate surface area is 108 Å². The first kappa shape index (κ1) is 12.3. The van der Waals surface area contributed by atoms with Crippen LogP contribution in [0, 0.1) is 5.82 Å². The minimum absolute atomic E-state index is 0.0425. The van der Waals surface area contributed by atoms with Crippen LogP contribution in [0.1, 0.15) is 24.3 Å². The van der Waals surface area contributed by atoms with Crippen molar-refractivity contribution in [2.24, 2.45) is 0 Å². The van der Waals surface area contributed by atoms with Gasteiger partial charge in [-0.1, -0.05) is 18.2 Å².